The van der Waals surface area contributed by atoms with Crippen LogP contribution in [0, 0.1) is 6.92 Å². The highest BCUT2D eigenvalue weighted by Gasteiger charge is 2.22. The van der Waals surface area contributed by atoms with Gasteiger partial charge in [0.25, 0.3) is 0 Å². The monoisotopic (exact) mass is 404 g/mol. The van der Waals surface area contributed by atoms with E-state index in [0.29, 0.717) is 22.8 Å². The van der Waals surface area contributed by atoms with Crippen LogP contribution in [0.25, 0.3) is 5.69 Å². The maximum absolute atomic E-state index is 6.63. The molecule has 1 aliphatic rings. The molecule has 0 radical (unpaired) electrons. The average Bonchev–Trinajstić information content (AvgIpc) is 3.20. The van der Waals surface area contributed by atoms with Crippen molar-refractivity contribution in [2.24, 2.45) is 0 Å². The highest BCUT2D eigenvalue weighted by atomic mass is 35.5. The first kappa shape index (κ1) is 18.5. The number of halogens is 2. The van der Waals surface area contributed by atoms with Crippen LogP contribution in [-0.4, -0.2) is 30.6 Å². The standard InChI is InChI=1S/C19H22Cl2N6/c1-3-17-23-18-9-8-13(11-26(18)25-17)22-10-14-12(2)24-27(19(14)21)16-7-5-4-6-15(16)20/h4-7,13,22H,3,8-11H2,1-2H3. The lowest BCUT2D eigenvalue weighted by atomic mass is 10.1. The van der Waals surface area contributed by atoms with Gasteiger partial charge in [0.05, 0.1) is 22.9 Å². The van der Waals surface area contributed by atoms with Gasteiger partial charge in [0.15, 0.2) is 5.82 Å². The molecule has 0 saturated carbocycles. The Morgan fingerprint density at radius 3 is 2.81 bits per heavy atom. The van der Waals surface area contributed by atoms with Crippen LogP contribution < -0.4 is 5.32 Å². The van der Waals surface area contributed by atoms with Crippen molar-refractivity contribution in [3.8, 4) is 5.69 Å². The summed E-state index contributed by atoms with van der Waals surface area (Å²) in [6.07, 6.45) is 2.85. The van der Waals surface area contributed by atoms with Gasteiger partial charge in [-0.05, 0) is 25.5 Å². The van der Waals surface area contributed by atoms with Gasteiger partial charge in [-0.3, -0.25) is 0 Å². The molecule has 8 heteroatoms. The summed E-state index contributed by atoms with van der Waals surface area (Å²) in [6.45, 7) is 5.54. The van der Waals surface area contributed by atoms with E-state index in [1.54, 1.807) is 4.68 Å². The molecular weight excluding hydrogens is 383 g/mol. The molecule has 1 aliphatic heterocycles. The van der Waals surface area contributed by atoms with Gasteiger partial charge < -0.3 is 5.32 Å². The van der Waals surface area contributed by atoms with Crippen LogP contribution in [0.4, 0.5) is 0 Å². The quantitative estimate of drug-likeness (QED) is 0.703. The van der Waals surface area contributed by atoms with Crippen molar-refractivity contribution >= 4 is 23.2 Å². The number of nitrogens with one attached hydrogen (secondary N) is 1. The molecule has 2 aromatic heterocycles. The molecule has 1 aromatic carbocycles. The Bertz CT molecular complexity index is 961. The fourth-order valence-electron chi connectivity index (χ4n) is 3.44. The lowest BCUT2D eigenvalue weighted by molar-refractivity contribution is 0.357. The van der Waals surface area contributed by atoms with E-state index in [1.165, 1.54) is 0 Å². The van der Waals surface area contributed by atoms with Crippen molar-refractivity contribution in [3.63, 3.8) is 0 Å². The van der Waals surface area contributed by atoms with Crippen molar-refractivity contribution in [1.82, 2.24) is 29.9 Å². The maximum atomic E-state index is 6.63. The molecule has 0 amide bonds. The van der Waals surface area contributed by atoms with Gasteiger partial charge in [-0.2, -0.15) is 10.2 Å². The Morgan fingerprint density at radius 1 is 1.22 bits per heavy atom. The second kappa shape index (κ2) is 7.62. The lowest BCUT2D eigenvalue weighted by Crippen LogP contribution is -2.37. The van der Waals surface area contributed by atoms with E-state index in [9.17, 15) is 0 Å². The van der Waals surface area contributed by atoms with Gasteiger partial charge in [-0.25, -0.2) is 14.3 Å². The van der Waals surface area contributed by atoms with Crippen LogP contribution in [0.5, 0.6) is 0 Å². The molecule has 0 fully saturated rings. The van der Waals surface area contributed by atoms with Crippen molar-refractivity contribution in [2.45, 2.75) is 52.2 Å². The van der Waals surface area contributed by atoms with Crippen molar-refractivity contribution in [3.05, 3.63) is 57.3 Å². The molecule has 0 spiro atoms. The minimum Gasteiger partial charge on any atom is -0.308 e. The first-order valence-corrected chi connectivity index (χ1v) is 9.97. The molecule has 0 aliphatic carbocycles. The van der Waals surface area contributed by atoms with E-state index in [-0.39, 0.29) is 0 Å². The summed E-state index contributed by atoms with van der Waals surface area (Å²) in [5.74, 6) is 2.01. The van der Waals surface area contributed by atoms with Gasteiger partial charge in [0.1, 0.15) is 11.0 Å². The predicted octanol–water partition coefficient (Wildman–Crippen LogP) is 3.75. The van der Waals surface area contributed by atoms with E-state index >= 15 is 0 Å². The number of aromatic nitrogens is 5. The summed E-state index contributed by atoms with van der Waals surface area (Å²) in [4.78, 5) is 4.57. The molecule has 0 bridgehead atoms. The third-order valence-corrected chi connectivity index (χ3v) is 5.70. The average molecular weight is 405 g/mol. The zero-order valence-electron chi connectivity index (χ0n) is 15.4. The number of para-hydroxylation sites is 1. The molecule has 1 atom stereocenters. The first-order chi connectivity index (χ1) is 13.1. The van der Waals surface area contributed by atoms with Gasteiger partial charge in [-0.15, -0.1) is 0 Å². The number of hydrogen-bond donors (Lipinski definition) is 1. The molecular formula is C19H22Cl2N6. The molecule has 142 valence electrons. The van der Waals surface area contributed by atoms with Crippen LogP contribution in [0.15, 0.2) is 24.3 Å². The number of rotatable bonds is 5. The lowest BCUT2D eigenvalue weighted by Gasteiger charge is -2.23. The summed E-state index contributed by atoms with van der Waals surface area (Å²) in [5.41, 5.74) is 2.68. The van der Waals surface area contributed by atoms with Gasteiger partial charge in [0.2, 0.25) is 0 Å². The molecule has 6 nitrogen and oxygen atoms in total. The second-order valence-electron chi connectivity index (χ2n) is 6.81. The largest absolute Gasteiger partial charge is 0.308 e. The van der Waals surface area contributed by atoms with Crippen LogP contribution in [0.1, 0.15) is 36.3 Å². The minimum absolute atomic E-state index is 0.336. The number of fused-ring (bicyclic) bond motifs is 1. The normalized spacial score (nSPS) is 16.5. The zero-order valence-corrected chi connectivity index (χ0v) is 16.9. The van der Waals surface area contributed by atoms with Crippen LogP contribution in [-0.2, 0) is 25.9 Å². The fourth-order valence-corrected chi connectivity index (χ4v) is 3.99. The van der Waals surface area contributed by atoms with Crippen molar-refractivity contribution < 1.29 is 0 Å². The maximum Gasteiger partial charge on any atom is 0.150 e. The predicted molar refractivity (Wildman–Crippen MR) is 107 cm³/mol. The third kappa shape index (κ3) is 3.61. The smallest absolute Gasteiger partial charge is 0.150 e. The number of aryl methyl sites for hydroxylation is 3. The van der Waals surface area contributed by atoms with E-state index in [1.807, 2.05) is 35.9 Å². The molecule has 1 unspecified atom stereocenters. The topological polar surface area (TPSA) is 60.6 Å². The van der Waals surface area contributed by atoms with Gasteiger partial charge in [0, 0.05) is 31.0 Å². The van der Waals surface area contributed by atoms with Crippen molar-refractivity contribution in [2.75, 3.05) is 0 Å². The van der Waals surface area contributed by atoms with Crippen LogP contribution in [0.2, 0.25) is 10.2 Å². The van der Waals surface area contributed by atoms with E-state index < -0.39 is 0 Å². The van der Waals surface area contributed by atoms with Crippen LogP contribution in [0.3, 0.4) is 0 Å². The second-order valence-corrected chi connectivity index (χ2v) is 7.58. The Labute approximate surface area is 168 Å². The van der Waals surface area contributed by atoms with Crippen LogP contribution >= 0.6 is 23.2 Å². The number of benzene rings is 1. The van der Waals surface area contributed by atoms with Gasteiger partial charge in [-0.1, -0.05) is 42.3 Å². The Morgan fingerprint density at radius 2 is 2.04 bits per heavy atom. The Hall–Kier alpha value is -1.89. The molecule has 3 heterocycles. The highest BCUT2D eigenvalue weighted by Crippen LogP contribution is 2.27. The highest BCUT2D eigenvalue weighted by molar-refractivity contribution is 6.33. The van der Waals surface area contributed by atoms with Crippen molar-refractivity contribution in [1.29, 1.82) is 0 Å². The summed E-state index contributed by atoms with van der Waals surface area (Å²) < 4.78 is 3.74. The molecule has 4 rings (SSSR count). The molecule has 1 N–H and O–H groups in total. The third-order valence-electron chi connectivity index (χ3n) is 4.99. The number of hydrogen-bond acceptors (Lipinski definition) is 4. The fraction of sp³-hybridized carbons (Fsp3) is 0.421. The first-order valence-electron chi connectivity index (χ1n) is 9.21. The minimum atomic E-state index is 0.336. The molecule has 27 heavy (non-hydrogen) atoms. The zero-order chi connectivity index (χ0) is 19.0. The summed E-state index contributed by atoms with van der Waals surface area (Å²) in [6, 6.07) is 7.91. The Balaban J connectivity index is 1.49. The Kier molecular flexibility index (Phi) is 5.21. The SMILES string of the molecule is CCc1nc2n(n1)CC(NCc1c(C)nn(-c3ccccc3Cl)c1Cl)CC2. The molecule has 3 aromatic rings. The summed E-state index contributed by atoms with van der Waals surface area (Å²) in [5, 5.41) is 14.0. The molecule has 0 saturated heterocycles. The van der Waals surface area contributed by atoms with E-state index in [2.05, 4.69) is 27.4 Å². The van der Waals surface area contributed by atoms with E-state index in [4.69, 9.17) is 23.2 Å². The van der Waals surface area contributed by atoms with Gasteiger partial charge >= 0.3 is 0 Å². The van der Waals surface area contributed by atoms with E-state index in [0.717, 1.165) is 54.4 Å². The summed E-state index contributed by atoms with van der Waals surface area (Å²) in [7, 11) is 0. The summed E-state index contributed by atoms with van der Waals surface area (Å²) >= 11 is 12.9. The number of nitrogens with zero attached hydrogens (tertiary/aromatic N) is 5.